The summed E-state index contributed by atoms with van der Waals surface area (Å²) in [5.41, 5.74) is 0.891. The van der Waals surface area contributed by atoms with Gasteiger partial charge in [-0.2, -0.15) is 0 Å². The Morgan fingerprint density at radius 2 is 2.00 bits per heavy atom. The van der Waals surface area contributed by atoms with Gasteiger partial charge in [0.05, 0.1) is 18.7 Å². The van der Waals surface area contributed by atoms with E-state index in [0.29, 0.717) is 11.1 Å². The van der Waals surface area contributed by atoms with Gasteiger partial charge in [0, 0.05) is 0 Å². The summed E-state index contributed by atoms with van der Waals surface area (Å²) in [5, 5.41) is 10.5. The molecule has 8 heteroatoms. The summed E-state index contributed by atoms with van der Waals surface area (Å²) >= 11 is 0. The lowest BCUT2D eigenvalue weighted by Gasteiger charge is -2.05. The molecule has 22 heavy (non-hydrogen) atoms. The molecule has 1 aromatic carbocycles. The molecule has 0 saturated heterocycles. The fourth-order valence-electron chi connectivity index (χ4n) is 1.66. The Kier molecular flexibility index (Phi) is 4.52. The van der Waals surface area contributed by atoms with Crippen molar-refractivity contribution in [1.82, 2.24) is 0 Å². The maximum absolute atomic E-state index is 11.7. The van der Waals surface area contributed by atoms with Gasteiger partial charge in [-0.05, 0) is 23.8 Å². The monoisotopic (exact) mass is 305 g/mol. The van der Waals surface area contributed by atoms with Crippen molar-refractivity contribution in [2.24, 2.45) is 0 Å². The second kappa shape index (κ2) is 6.53. The van der Waals surface area contributed by atoms with E-state index >= 15 is 0 Å². The molecule has 0 radical (unpaired) electrons. The van der Waals surface area contributed by atoms with Crippen molar-refractivity contribution in [3.05, 3.63) is 63.4 Å². The summed E-state index contributed by atoms with van der Waals surface area (Å²) in [7, 11) is 1.26. The van der Waals surface area contributed by atoms with E-state index < -0.39 is 22.7 Å². The largest absolute Gasteiger partial charge is 0.465 e. The average Bonchev–Trinajstić information content (AvgIpc) is 3.02. The van der Waals surface area contributed by atoms with Crippen molar-refractivity contribution in [2.75, 3.05) is 7.11 Å². The van der Waals surface area contributed by atoms with Crippen LogP contribution in [0.2, 0.25) is 0 Å². The number of methoxy groups -OCH3 is 1. The summed E-state index contributed by atoms with van der Waals surface area (Å²) in [5.74, 6) is -2.15. The third-order valence-electron chi connectivity index (χ3n) is 2.69. The average molecular weight is 305 g/mol. The van der Waals surface area contributed by atoms with Crippen molar-refractivity contribution in [2.45, 2.75) is 6.61 Å². The Hall–Kier alpha value is -3.16. The number of furan rings is 1. The first-order valence-corrected chi connectivity index (χ1v) is 6.10. The number of nitrogens with zero attached hydrogens (tertiary/aromatic N) is 1. The predicted molar refractivity (Wildman–Crippen MR) is 72.3 cm³/mol. The first-order chi connectivity index (χ1) is 10.5. The molecule has 8 nitrogen and oxygen atoms in total. The molecule has 0 bridgehead atoms. The molecular formula is C14H11NO7. The van der Waals surface area contributed by atoms with Crippen LogP contribution in [0.4, 0.5) is 5.88 Å². The highest BCUT2D eigenvalue weighted by atomic mass is 16.7. The zero-order valence-electron chi connectivity index (χ0n) is 11.5. The number of esters is 2. The van der Waals surface area contributed by atoms with Crippen LogP contribution in [-0.4, -0.2) is 24.0 Å². The lowest BCUT2D eigenvalue weighted by atomic mass is 10.1. The standard InChI is InChI=1S/C14H11NO7/c1-20-13(16)10-4-2-3-9(7-10)8-21-14(17)11-5-6-12(22-11)15(18)19/h2-7H,8H2,1H3. The SMILES string of the molecule is COC(=O)c1cccc(COC(=O)c2ccc([N+](=O)[O-])o2)c1. The fraction of sp³-hybridized carbons (Fsp3) is 0.143. The summed E-state index contributed by atoms with van der Waals surface area (Å²) in [6.45, 7) is -0.113. The van der Waals surface area contributed by atoms with E-state index in [0.717, 1.165) is 12.1 Å². The Balaban J connectivity index is 2.01. The Bertz CT molecular complexity index is 719. The first-order valence-electron chi connectivity index (χ1n) is 6.10. The van der Waals surface area contributed by atoms with E-state index in [1.54, 1.807) is 18.2 Å². The normalized spacial score (nSPS) is 10.0. The number of carbonyl (C=O) groups is 2. The molecule has 0 amide bonds. The predicted octanol–water partition coefficient (Wildman–Crippen LogP) is 2.33. The molecule has 0 aliphatic carbocycles. The highest BCUT2D eigenvalue weighted by Crippen LogP contribution is 2.17. The van der Waals surface area contributed by atoms with Crippen molar-refractivity contribution >= 4 is 17.8 Å². The van der Waals surface area contributed by atoms with Gasteiger partial charge in [0.25, 0.3) is 0 Å². The van der Waals surface area contributed by atoms with Crippen LogP contribution in [0.5, 0.6) is 0 Å². The highest BCUT2D eigenvalue weighted by molar-refractivity contribution is 5.89. The second-order valence-electron chi connectivity index (χ2n) is 4.16. The maximum atomic E-state index is 11.7. The summed E-state index contributed by atoms with van der Waals surface area (Å²) in [6.07, 6.45) is 0. The topological polar surface area (TPSA) is 109 Å². The van der Waals surface area contributed by atoms with E-state index in [1.165, 1.54) is 13.2 Å². The third kappa shape index (κ3) is 3.48. The first kappa shape index (κ1) is 15.2. The molecule has 1 aromatic heterocycles. The minimum absolute atomic E-state index is 0.113. The Labute approximate surface area is 124 Å². The molecule has 2 rings (SSSR count). The number of hydrogen-bond donors (Lipinski definition) is 0. The molecule has 0 aliphatic heterocycles. The molecule has 0 aliphatic rings. The van der Waals surface area contributed by atoms with Crippen LogP contribution in [0.15, 0.2) is 40.8 Å². The molecule has 0 spiro atoms. The van der Waals surface area contributed by atoms with Crippen LogP contribution in [0.1, 0.15) is 26.5 Å². The van der Waals surface area contributed by atoms with E-state index in [-0.39, 0.29) is 12.4 Å². The van der Waals surface area contributed by atoms with Gasteiger partial charge in [0.2, 0.25) is 5.76 Å². The van der Waals surface area contributed by atoms with Crippen molar-refractivity contribution in [3.63, 3.8) is 0 Å². The van der Waals surface area contributed by atoms with Gasteiger partial charge in [0.1, 0.15) is 11.5 Å². The fourth-order valence-corrected chi connectivity index (χ4v) is 1.66. The molecule has 2 aromatic rings. The zero-order valence-corrected chi connectivity index (χ0v) is 11.5. The molecule has 0 N–H and O–H groups in total. The van der Waals surface area contributed by atoms with Crippen LogP contribution < -0.4 is 0 Å². The maximum Gasteiger partial charge on any atom is 0.433 e. The van der Waals surface area contributed by atoms with E-state index in [9.17, 15) is 19.7 Å². The summed E-state index contributed by atoms with van der Waals surface area (Å²) in [4.78, 5) is 32.8. The quantitative estimate of drug-likeness (QED) is 0.473. The van der Waals surface area contributed by atoms with Crippen LogP contribution in [0, 0.1) is 10.1 Å². The third-order valence-corrected chi connectivity index (χ3v) is 2.69. The van der Waals surface area contributed by atoms with Gasteiger partial charge in [-0.15, -0.1) is 0 Å². The number of carbonyl (C=O) groups excluding carboxylic acids is 2. The van der Waals surface area contributed by atoms with Gasteiger partial charge in [-0.3, -0.25) is 10.1 Å². The lowest BCUT2D eigenvalue weighted by Crippen LogP contribution is -2.06. The Morgan fingerprint density at radius 1 is 1.23 bits per heavy atom. The number of hydrogen-bond acceptors (Lipinski definition) is 7. The summed E-state index contributed by atoms with van der Waals surface area (Å²) in [6, 6.07) is 8.58. The molecule has 0 fully saturated rings. The molecule has 114 valence electrons. The summed E-state index contributed by atoms with van der Waals surface area (Å²) < 4.78 is 14.3. The van der Waals surface area contributed by atoms with Crippen molar-refractivity contribution < 1.29 is 28.4 Å². The number of benzene rings is 1. The van der Waals surface area contributed by atoms with Crippen LogP contribution in [0.3, 0.4) is 0 Å². The molecule has 0 atom stereocenters. The van der Waals surface area contributed by atoms with E-state index in [1.807, 2.05) is 0 Å². The van der Waals surface area contributed by atoms with Crippen LogP contribution >= 0.6 is 0 Å². The number of rotatable bonds is 5. The van der Waals surface area contributed by atoms with Crippen molar-refractivity contribution in [3.8, 4) is 0 Å². The van der Waals surface area contributed by atoms with Crippen molar-refractivity contribution in [1.29, 1.82) is 0 Å². The smallest absolute Gasteiger partial charge is 0.433 e. The second-order valence-corrected chi connectivity index (χ2v) is 4.16. The minimum atomic E-state index is -0.837. The van der Waals surface area contributed by atoms with Crippen LogP contribution in [0.25, 0.3) is 0 Å². The lowest BCUT2D eigenvalue weighted by molar-refractivity contribution is -0.402. The van der Waals surface area contributed by atoms with Crippen LogP contribution in [-0.2, 0) is 16.1 Å². The molecule has 0 unspecified atom stereocenters. The zero-order chi connectivity index (χ0) is 16.1. The number of nitro groups is 1. The molecule has 1 heterocycles. The Morgan fingerprint density at radius 3 is 2.64 bits per heavy atom. The highest BCUT2D eigenvalue weighted by Gasteiger charge is 2.18. The minimum Gasteiger partial charge on any atom is -0.465 e. The number of ether oxygens (including phenoxy) is 2. The van der Waals surface area contributed by atoms with E-state index in [2.05, 4.69) is 4.74 Å². The van der Waals surface area contributed by atoms with Gasteiger partial charge in [-0.1, -0.05) is 12.1 Å². The van der Waals surface area contributed by atoms with E-state index in [4.69, 9.17) is 9.15 Å². The molecular weight excluding hydrogens is 294 g/mol. The molecule has 0 saturated carbocycles. The van der Waals surface area contributed by atoms with Gasteiger partial charge < -0.3 is 13.9 Å². The van der Waals surface area contributed by atoms with Gasteiger partial charge >= 0.3 is 17.8 Å². The van der Waals surface area contributed by atoms with Gasteiger partial charge in [-0.25, -0.2) is 9.59 Å². The van der Waals surface area contributed by atoms with Gasteiger partial charge in [0.15, 0.2) is 0 Å².